The number of hydrogen-bond donors (Lipinski definition) is 0. The molecule has 0 radical (unpaired) electrons. The second-order valence-electron chi connectivity index (χ2n) is 6.87. The molecule has 8 heteroatoms. The number of aryl methyl sites for hydroxylation is 3. The summed E-state index contributed by atoms with van der Waals surface area (Å²) >= 11 is 0. The van der Waals surface area contributed by atoms with E-state index in [1.54, 1.807) is 42.5 Å². The van der Waals surface area contributed by atoms with Gasteiger partial charge in [0.1, 0.15) is 0 Å². The molecule has 6 nitrogen and oxygen atoms in total. The van der Waals surface area contributed by atoms with Crippen LogP contribution in [-0.2, 0) is 20.0 Å². The van der Waals surface area contributed by atoms with Crippen molar-refractivity contribution in [3.8, 4) is 0 Å². The molecule has 0 aliphatic carbocycles. The van der Waals surface area contributed by atoms with E-state index in [1.807, 2.05) is 20.8 Å². The summed E-state index contributed by atoms with van der Waals surface area (Å²) in [5.41, 5.74) is 2.93. The highest BCUT2D eigenvalue weighted by Gasteiger charge is 2.33. The van der Waals surface area contributed by atoms with Crippen molar-refractivity contribution in [2.75, 3.05) is 26.2 Å². The summed E-state index contributed by atoms with van der Waals surface area (Å²) in [4.78, 5) is 0.485. The third-order valence-corrected chi connectivity index (χ3v) is 8.78. The molecule has 1 heterocycles. The molecule has 0 bridgehead atoms. The first kappa shape index (κ1) is 20.0. The molecule has 3 rings (SSSR count). The number of rotatable bonds is 4. The van der Waals surface area contributed by atoms with Crippen LogP contribution in [0.25, 0.3) is 0 Å². The molecule has 146 valence electrons. The van der Waals surface area contributed by atoms with Crippen LogP contribution in [0.4, 0.5) is 0 Å². The van der Waals surface area contributed by atoms with Crippen LogP contribution in [0.1, 0.15) is 16.7 Å². The topological polar surface area (TPSA) is 74.8 Å². The summed E-state index contributed by atoms with van der Waals surface area (Å²) in [6.45, 7) is 6.26. The van der Waals surface area contributed by atoms with Crippen molar-refractivity contribution in [1.29, 1.82) is 0 Å². The fourth-order valence-electron chi connectivity index (χ4n) is 3.03. The van der Waals surface area contributed by atoms with Crippen LogP contribution in [0.15, 0.2) is 52.3 Å². The van der Waals surface area contributed by atoms with Gasteiger partial charge in [-0.3, -0.25) is 0 Å². The minimum atomic E-state index is -3.63. The molecule has 1 fully saturated rings. The second kappa shape index (κ2) is 7.35. The number of hydrogen-bond acceptors (Lipinski definition) is 4. The van der Waals surface area contributed by atoms with Gasteiger partial charge in [-0.05, 0) is 56.2 Å². The van der Waals surface area contributed by atoms with Crippen molar-refractivity contribution in [3.63, 3.8) is 0 Å². The predicted molar refractivity (Wildman–Crippen MR) is 105 cm³/mol. The lowest BCUT2D eigenvalue weighted by molar-refractivity contribution is 0.273. The lowest BCUT2D eigenvalue weighted by Gasteiger charge is -2.33. The summed E-state index contributed by atoms with van der Waals surface area (Å²) in [5.74, 6) is 0. The summed E-state index contributed by atoms with van der Waals surface area (Å²) in [7, 11) is -7.24. The van der Waals surface area contributed by atoms with Gasteiger partial charge < -0.3 is 0 Å². The van der Waals surface area contributed by atoms with Crippen LogP contribution in [-0.4, -0.2) is 51.6 Å². The Bertz CT molecular complexity index is 1040. The third-order valence-electron chi connectivity index (χ3n) is 4.97. The normalized spacial score (nSPS) is 17.1. The smallest absolute Gasteiger partial charge is 0.207 e. The van der Waals surface area contributed by atoms with Crippen molar-refractivity contribution >= 4 is 20.0 Å². The van der Waals surface area contributed by atoms with Gasteiger partial charge in [0.25, 0.3) is 0 Å². The van der Waals surface area contributed by atoms with Gasteiger partial charge in [0.15, 0.2) is 0 Å². The third kappa shape index (κ3) is 3.94. The fraction of sp³-hybridized carbons (Fsp3) is 0.368. The molecule has 0 N–H and O–H groups in total. The minimum Gasteiger partial charge on any atom is -0.207 e. The summed E-state index contributed by atoms with van der Waals surface area (Å²) in [5, 5.41) is 0. The van der Waals surface area contributed by atoms with E-state index in [1.165, 1.54) is 8.61 Å². The van der Waals surface area contributed by atoms with Crippen molar-refractivity contribution < 1.29 is 16.8 Å². The quantitative estimate of drug-likeness (QED) is 0.778. The summed E-state index contributed by atoms with van der Waals surface area (Å²) < 4.78 is 54.0. The SMILES string of the molecule is Cc1ccc(S(=O)(=O)N2CCN(S(=O)(=O)c3ccc(C)c(C)c3)CC2)cc1. The van der Waals surface area contributed by atoms with Gasteiger partial charge in [-0.1, -0.05) is 23.8 Å². The van der Waals surface area contributed by atoms with Crippen LogP contribution in [0.5, 0.6) is 0 Å². The van der Waals surface area contributed by atoms with Crippen LogP contribution in [0.2, 0.25) is 0 Å². The zero-order valence-corrected chi connectivity index (χ0v) is 17.3. The Hall–Kier alpha value is -1.74. The highest BCUT2D eigenvalue weighted by Crippen LogP contribution is 2.23. The maximum absolute atomic E-state index is 12.9. The fourth-order valence-corrected chi connectivity index (χ4v) is 5.96. The highest BCUT2D eigenvalue weighted by molar-refractivity contribution is 7.89. The summed E-state index contributed by atoms with van der Waals surface area (Å²) in [6, 6.07) is 11.7. The maximum Gasteiger partial charge on any atom is 0.243 e. The van der Waals surface area contributed by atoms with Crippen LogP contribution < -0.4 is 0 Å². The molecule has 27 heavy (non-hydrogen) atoms. The number of benzene rings is 2. The standard InChI is InChI=1S/C19H24N2O4S2/c1-15-4-7-18(8-5-15)26(22,23)20-10-12-21(13-11-20)27(24,25)19-9-6-16(2)17(3)14-19/h4-9,14H,10-13H2,1-3H3. The van der Waals surface area contributed by atoms with Gasteiger partial charge in [0, 0.05) is 26.2 Å². The van der Waals surface area contributed by atoms with E-state index in [4.69, 9.17) is 0 Å². The predicted octanol–water partition coefficient (Wildman–Crippen LogP) is 2.31. The average Bonchev–Trinajstić information content (AvgIpc) is 2.64. The molecule has 0 spiro atoms. The van der Waals surface area contributed by atoms with Crippen molar-refractivity contribution in [3.05, 3.63) is 59.2 Å². The number of sulfonamides is 2. The van der Waals surface area contributed by atoms with Gasteiger partial charge in [-0.15, -0.1) is 0 Å². The molecule has 0 unspecified atom stereocenters. The van der Waals surface area contributed by atoms with Crippen LogP contribution in [0, 0.1) is 20.8 Å². The van der Waals surface area contributed by atoms with Gasteiger partial charge in [0.2, 0.25) is 20.0 Å². The Balaban J connectivity index is 1.76. The lowest BCUT2D eigenvalue weighted by Crippen LogP contribution is -2.50. The van der Waals surface area contributed by atoms with E-state index in [-0.39, 0.29) is 36.0 Å². The molecule has 2 aromatic carbocycles. The zero-order valence-electron chi connectivity index (χ0n) is 15.7. The van der Waals surface area contributed by atoms with Gasteiger partial charge in [-0.2, -0.15) is 8.61 Å². The molecule has 0 aromatic heterocycles. The molecule has 0 atom stereocenters. The number of piperazine rings is 1. The van der Waals surface area contributed by atoms with Crippen molar-refractivity contribution in [1.82, 2.24) is 8.61 Å². The number of nitrogens with zero attached hydrogens (tertiary/aromatic N) is 2. The molecular formula is C19H24N2O4S2. The Morgan fingerprint density at radius 2 is 1.07 bits per heavy atom. The van der Waals surface area contributed by atoms with Gasteiger partial charge >= 0.3 is 0 Å². The van der Waals surface area contributed by atoms with Gasteiger partial charge in [-0.25, -0.2) is 16.8 Å². The van der Waals surface area contributed by atoms with Gasteiger partial charge in [0.05, 0.1) is 9.79 Å². The Morgan fingerprint density at radius 3 is 1.56 bits per heavy atom. The first-order valence-corrected chi connectivity index (χ1v) is 11.6. The lowest BCUT2D eigenvalue weighted by atomic mass is 10.1. The van der Waals surface area contributed by atoms with E-state index in [0.29, 0.717) is 0 Å². The monoisotopic (exact) mass is 408 g/mol. The molecular weight excluding hydrogens is 384 g/mol. The second-order valence-corrected chi connectivity index (χ2v) is 10.7. The molecule has 1 aliphatic heterocycles. The van der Waals surface area contributed by atoms with Crippen LogP contribution in [0.3, 0.4) is 0 Å². The van der Waals surface area contributed by atoms with Crippen molar-refractivity contribution in [2.45, 2.75) is 30.6 Å². The molecule has 0 saturated carbocycles. The molecule has 2 aromatic rings. The molecule has 0 amide bonds. The maximum atomic E-state index is 12.9. The molecule has 1 aliphatic rings. The first-order valence-electron chi connectivity index (χ1n) is 8.76. The van der Waals surface area contributed by atoms with Crippen LogP contribution >= 0.6 is 0 Å². The van der Waals surface area contributed by atoms with E-state index >= 15 is 0 Å². The minimum absolute atomic E-state index is 0.139. The van der Waals surface area contributed by atoms with E-state index in [9.17, 15) is 16.8 Å². The van der Waals surface area contributed by atoms with E-state index in [0.717, 1.165) is 16.7 Å². The van der Waals surface area contributed by atoms with Crippen molar-refractivity contribution in [2.24, 2.45) is 0 Å². The molecule has 1 saturated heterocycles. The van der Waals surface area contributed by atoms with E-state index < -0.39 is 20.0 Å². The zero-order chi connectivity index (χ0) is 19.8. The average molecular weight is 409 g/mol. The first-order chi connectivity index (χ1) is 12.6. The largest absolute Gasteiger partial charge is 0.243 e. The summed E-state index contributed by atoms with van der Waals surface area (Å²) in [6.07, 6.45) is 0. The Kier molecular flexibility index (Phi) is 5.45. The Labute approximate surface area is 161 Å². The Morgan fingerprint density at radius 1 is 0.630 bits per heavy atom. The highest BCUT2D eigenvalue weighted by atomic mass is 32.2. The van der Waals surface area contributed by atoms with E-state index in [2.05, 4.69) is 0 Å².